The summed E-state index contributed by atoms with van der Waals surface area (Å²) in [5, 5.41) is 1.67. The quantitative estimate of drug-likeness (QED) is 0.884. The molecule has 1 saturated carbocycles. The van der Waals surface area contributed by atoms with Crippen LogP contribution < -0.4 is 5.73 Å². The minimum atomic E-state index is -3.32. The highest BCUT2D eigenvalue weighted by atomic mass is 32.2. The van der Waals surface area contributed by atoms with Gasteiger partial charge >= 0.3 is 0 Å². The fourth-order valence-electron chi connectivity index (χ4n) is 1.86. The van der Waals surface area contributed by atoms with Gasteiger partial charge in [-0.2, -0.15) is 0 Å². The molecule has 2 unspecified atom stereocenters. The summed E-state index contributed by atoms with van der Waals surface area (Å²) in [7, 11) is -1.67. The SMILES string of the molecule is CC1CC1CN(C)S(=O)(=O)c1csc(CN)c1. The second-order valence-electron chi connectivity index (χ2n) is 4.71. The van der Waals surface area contributed by atoms with Gasteiger partial charge in [0.2, 0.25) is 10.0 Å². The third-order valence-electron chi connectivity index (χ3n) is 3.31. The Morgan fingerprint density at radius 3 is 2.71 bits per heavy atom. The van der Waals surface area contributed by atoms with Gasteiger partial charge in [-0.15, -0.1) is 11.3 Å². The van der Waals surface area contributed by atoms with E-state index in [0.717, 1.165) is 11.3 Å². The van der Waals surface area contributed by atoms with Gasteiger partial charge in [0.05, 0.1) is 4.90 Å². The number of rotatable bonds is 5. The van der Waals surface area contributed by atoms with E-state index >= 15 is 0 Å². The smallest absolute Gasteiger partial charge is 0.243 e. The monoisotopic (exact) mass is 274 g/mol. The molecule has 4 nitrogen and oxygen atoms in total. The molecule has 2 N–H and O–H groups in total. The van der Waals surface area contributed by atoms with E-state index in [2.05, 4.69) is 6.92 Å². The molecular weight excluding hydrogens is 256 g/mol. The third kappa shape index (κ3) is 2.70. The Balaban J connectivity index is 2.11. The fourth-order valence-corrected chi connectivity index (χ4v) is 4.24. The molecule has 0 aromatic carbocycles. The summed E-state index contributed by atoms with van der Waals surface area (Å²) in [6.07, 6.45) is 1.14. The third-order valence-corrected chi connectivity index (χ3v) is 6.22. The minimum Gasteiger partial charge on any atom is -0.326 e. The van der Waals surface area contributed by atoms with E-state index < -0.39 is 10.0 Å². The molecular formula is C11H18N2O2S2. The summed E-state index contributed by atoms with van der Waals surface area (Å²) < 4.78 is 25.9. The highest BCUT2D eigenvalue weighted by Gasteiger charge is 2.36. The van der Waals surface area contributed by atoms with Gasteiger partial charge in [-0.1, -0.05) is 6.92 Å². The van der Waals surface area contributed by atoms with Crippen molar-refractivity contribution in [3.05, 3.63) is 16.3 Å². The molecule has 6 heteroatoms. The minimum absolute atomic E-state index is 0.374. The van der Waals surface area contributed by atoms with E-state index in [1.165, 1.54) is 15.6 Å². The molecule has 17 heavy (non-hydrogen) atoms. The van der Waals surface area contributed by atoms with Crippen LogP contribution in [0.1, 0.15) is 18.2 Å². The highest BCUT2D eigenvalue weighted by Crippen LogP contribution is 2.38. The van der Waals surface area contributed by atoms with Gasteiger partial charge in [0, 0.05) is 30.4 Å². The lowest BCUT2D eigenvalue weighted by Crippen LogP contribution is -2.28. The number of thiophene rings is 1. The average molecular weight is 274 g/mol. The van der Waals surface area contributed by atoms with E-state index in [1.807, 2.05) is 0 Å². The van der Waals surface area contributed by atoms with E-state index in [4.69, 9.17) is 5.73 Å². The van der Waals surface area contributed by atoms with Crippen LogP contribution in [0.15, 0.2) is 16.3 Å². The van der Waals surface area contributed by atoms with E-state index in [1.54, 1.807) is 18.5 Å². The molecule has 0 aliphatic heterocycles. The van der Waals surface area contributed by atoms with Gasteiger partial charge in [0.1, 0.15) is 0 Å². The summed E-state index contributed by atoms with van der Waals surface area (Å²) >= 11 is 1.40. The number of sulfonamides is 1. The van der Waals surface area contributed by atoms with Crippen molar-refractivity contribution in [2.45, 2.75) is 24.8 Å². The van der Waals surface area contributed by atoms with Crippen LogP contribution in [0.2, 0.25) is 0 Å². The maximum absolute atomic E-state index is 12.2. The normalized spacial score (nSPS) is 24.2. The van der Waals surface area contributed by atoms with Crippen molar-refractivity contribution >= 4 is 21.4 Å². The van der Waals surface area contributed by atoms with Gasteiger partial charge in [0.25, 0.3) is 0 Å². The van der Waals surface area contributed by atoms with Crippen LogP contribution in [-0.4, -0.2) is 26.3 Å². The van der Waals surface area contributed by atoms with Crippen molar-refractivity contribution in [2.24, 2.45) is 17.6 Å². The van der Waals surface area contributed by atoms with E-state index in [9.17, 15) is 8.42 Å². The van der Waals surface area contributed by atoms with Crippen LogP contribution in [0.5, 0.6) is 0 Å². The Hall–Kier alpha value is -0.430. The van der Waals surface area contributed by atoms with Crippen molar-refractivity contribution in [3.8, 4) is 0 Å². The zero-order valence-corrected chi connectivity index (χ0v) is 11.7. The van der Waals surface area contributed by atoms with Crippen molar-refractivity contribution in [1.82, 2.24) is 4.31 Å². The summed E-state index contributed by atoms with van der Waals surface area (Å²) in [5.41, 5.74) is 5.49. The highest BCUT2D eigenvalue weighted by molar-refractivity contribution is 7.89. The Morgan fingerprint density at radius 1 is 1.59 bits per heavy atom. The molecule has 2 rings (SSSR count). The van der Waals surface area contributed by atoms with Crippen LogP contribution in [-0.2, 0) is 16.6 Å². The lowest BCUT2D eigenvalue weighted by Gasteiger charge is -2.15. The molecule has 1 aliphatic carbocycles. The second kappa shape index (κ2) is 4.68. The topological polar surface area (TPSA) is 63.4 Å². The number of hydrogen-bond acceptors (Lipinski definition) is 4. The molecule has 96 valence electrons. The standard InChI is InChI=1S/C11H18N2O2S2/c1-8-3-9(8)6-13(2)17(14,15)11-4-10(5-12)16-7-11/h4,7-9H,3,5-6,12H2,1-2H3. The lowest BCUT2D eigenvalue weighted by atomic mass is 10.3. The van der Waals surface area contributed by atoms with Crippen LogP contribution >= 0.6 is 11.3 Å². The first-order valence-corrected chi connectivity index (χ1v) is 8.01. The zero-order chi connectivity index (χ0) is 12.6. The van der Waals surface area contributed by atoms with Crippen LogP contribution in [0, 0.1) is 11.8 Å². The van der Waals surface area contributed by atoms with Crippen molar-refractivity contribution in [2.75, 3.05) is 13.6 Å². The first-order valence-electron chi connectivity index (χ1n) is 5.69. The molecule has 2 atom stereocenters. The Bertz CT molecular complexity index is 495. The maximum Gasteiger partial charge on any atom is 0.243 e. The van der Waals surface area contributed by atoms with Crippen LogP contribution in [0.25, 0.3) is 0 Å². The maximum atomic E-state index is 12.2. The fraction of sp³-hybridized carbons (Fsp3) is 0.636. The number of nitrogens with zero attached hydrogens (tertiary/aromatic N) is 1. The first-order chi connectivity index (χ1) is 7.95. The second-order valence-corrected chi connectivity index (χ2v) is 7.75. The van der Waals surface area contributed by atoms with Crippen LogP contribution in [0.3, 0.4) is 0 Å². The van der Waals surface area contributed by atoms with E-state index in [0.29, 0.717) is 29.8 Å². The summed E-state index contributed by atoms with van der Waals surface area (Å²) in [6, 6.07) is 1.67. The van der Waals surface area contributed by atoms with Gasteiger partial charge < -0.3 is 5.73 Å². The van der Waals surface area contributed by atoms with Gasteiger partial charge in [0.15, 0.2) is 0 Å². The average Bonchev–Trinajstić information content (AvgIpc) is 2.83. The molecule has 0 spiro atoms. The predicted octanol–water partition coefficient (Wildman–Crippen LogP) is 1.48. The summed E-state index contributed by atoms with van der Waals surface area (Å²) in [4.78, 5) is 1.27. The first kappa shape index (κ1) is 13.0. The molecule has 0 amide bonds. The molecule has 0 bridgehead atoms. The van der Waals surface area contributed by atoms with Gasteiger partial charge in [-0.3, -0.25) is 0 Å². The largest absolute Gasteiger partial charge is 0.326 e. The van der Waals surface area contributed by atoms with Crippen molar-refractivity contribution in [3.63, 3.8) is 0 Å². The molecule has 1 aliphatic rings. The molecule has 1 aromatic rings. The number of nitrogens with two attached hydrogens (primary N) is 1. The molecule has 1 heterocycles. The van der Waals surface area contributed by atoms with Gasteiger partial charge in [-0.05, 0) is 24.3 Å². The number of hydrogen-bond donors (Lipinski definition) is 1. The predicted molar refractivity (Wildman–Crippen MR) is 69.3 cm³/mol. The molecule has 1 aromatic heterocycles. The summed E-state index contributed by atoms with van der Waals surface area (Å²) in [6.45, 7) is 3.17. The Kier molecular flexibility index (Phi) is 3.58. The lowest BCUT2D eigenvalue weighted by molar-refractivity contribution is 0.445. The van der Waals surface area contributed by atoms with Crippen molar-refractivity contribution < 1.29 is 8.42 Å². The molecule has 0 saturated heterocycles. The van der Waals surface area contributed by atoms with Crippen molar-refractivity contribution in [1.29, 1.82) is 0 Å². The molecule has 1 fully saturated rings. The zero-order valence-electron chi connectivity index (χ0n) is 10.1. The Morgan fingerprint density at radius 2 is 2.24 bits per heavy atom. The Labute approximate surface area is 106 Å². The van der Waals surface area contributed by atoms with E-state index in [-0.39, 0.29) is 0 Å². The molecule has 0 radical (unpaired) electrons. The van der Waals surface area contributed by atoms with Crippen LogP contribution in [0.4, 0.5) is 0 Å². The van der Waals surface area contributed by atoms with Gasteiger partial charge in [-0.25, -0.2) is 12.7 Å². The summed E-state index contributed by atoms with van der Waals surface area (Å²) in [5.74, 6) is 1.19.